The first-order valence-electron chi connectivity index (χ1n) is 11.6. The third-order valence-electron chi connectivity index (χ3n) is 6.82. The molecule has 33 heavy (non-hydrogen) atoms. The van der Waals surface area contributed by atoms with E-state index in [0.29, 0.717) is 31.3 Å². The largest absolute Gasteiger partial charge is 0.494 e. The molecule has 2 fully saturated rings. The molecule has 0 unspecified atom stereocenters. The van der Waals surface area contributed by atoms with Gasteiger partial charge in [0.15, 0.2) is 0 Å². The average Bonchev–Trinajstić information content (AvgIpc) is 2.94. The second kappa shape index (κ2) is 8.13. The van der Waals surface area contributed by atoms with Gasteiger partial charge in [-0.3, -0.25) is 4.79 Å². The molecule has 0 N–H and O–H groups in total. The summed E-state index contributed by atoms with van der Waals surface area (Å²) in [7, 11) is -0.487. The van der Waals surface area contributed by atoms with Crippen LogP contribution in [0.15, 0.2) is 29.2 Å². The van der Waals surface area contributed by atoms with Crippen LogP contribution in [0.1, 0.15) is 67.3 Å². The first-order chi connectivity index (χ1) is 15.3. The predicted molar refractivity (Wildman–Crippen MR) is 128 cm³/mol. The highest BCUT2D eigenvalue weighted by Crippen LogP contribution is 2.36. The maximum atomic E-state index is 13.2. The number of likely N-dealkylation sites (tertiary alicyclic amines) is 1. The number of carbonyl (C=O) groups excluding carboxylic acids is 1. The van der Waals surface area contributed by atoms with Crippen LogP contribution in [0.3, 0.4) is 0 Å². The molecule has 2 aromatic rings. The summed E-state index contributed by atoms with van der Waals surface area (Å²) in [5.41, 5.74) is -0.635. The molecule has 0 aliphatic carbocycles. The van der Waals surface area contributed by atoms with Crippen LogP contribution < -0.4 is 11.0 Å². The van der Waals surface area contributed by atoms with E-state index in [4.69, 9.17) is 14.0 Å². The molecule has 0 bridgehead atoms. The van der Waals surface area contributed by atoms with E-state index in [9.17, 15) is 9.59 Å². The zero-order valence-corrected chi connectivity index (χ0v) is 20.7. The lowest BCUT2D eigenvalue weighted by Gasteiger charge is -2.33. The molecule has 1 amide bonds. The lowest BCUT2D eigenvalue weighted by atomic mass is 9.78. The van der Waals surface area contributed by atoms with Gasteiger partial charge in [-0.1, -0.05) is 12.1 Å². The number of rotatable bonds is 2. The Bertz CT molecular complexity index is 1100. The normalized spacial score (nSPS) is 20.9. The zero-order chi connectivity index (χ0) is 24.2. The summed E-state index contributed by atoms with van der Waals surface area (Å²) in [5, 5.41) is 5.84. The topological polar surface area (TPSA) is 82.9 Å². The molecular formula is C24H34BN3O5. The molecule has 8 nitrogen and oxygen atoms in total. The summed E-state index contributed by atoms with van der Waals surface area (Å²) in [6.07, 6.45) is 2.73. The molecule has 4 rings (SSSR count). The van der Waals surface area contributed by atoms with Crippen molar-refractivity contribution in [3.05, 3.63) is 34.7 Å². The summed E-state index contributed by atoms with van der Waals surface area (Å²) >= 11 is 0. The molecule has 3 heterocycles. The van der Waals surface area contributed by atoms with Crippen molar-refractivity contribution in [2.24, 2.45) is 0 Å². The van der Waals surface area contributed by atoms with Gasteiger partial charge in [-0.25, -0.2) is 9.48 Å². The van der Waals surface area contributed by atoms with E-state index in [0.717, 1.165) is 10.8 Å². The van der Waals surface area contributed by atoms with E-state index < -0.39 is 23.9 Å². The van der Waals surface area contributed by atoms with Gasteiger partial charge >= 0.3 is 13.2 Å². The Kier molecular flexibility index (Phi) is 5.85. The van der Waals surface area contributed by atoms with Gasteiger partial charge in [-0.15, -0.1) is 0 Å². The van der Waals surface area contributed by atoms with Gasteiger partial charge in [0, 0.05) is 18.5 Å². The van der Waals surface area contributed by atoms with Crippen molar-refractivity contribution in [2.75, 3.05) is 13.1 Å². The van der Waals surface area contributed by atoms with Crippen molar-refractivity contribution in [1.29, 1.82) is 0 Å². The van der Waals surface area contributed by atoms with Gasteiger partial charge in [-0.2, -0.15) is 5.10 Å². The van der Waals surface area contributed by atoms with Gasteiger partial charge in [-0.05, 0) is 72.8 Å². The Labute approximate surface area is 195 Å². The van der Waals surface area contributed by atoms with Crippen molar-refractivity contribution in [1.82, 2.24) is 14.7 Å². The Hall–Kier alpha value is -2.39. The Morgan fingerprint density at radius 3 is 2.30 bits per heavy atom. The maximum Gasteiger partial charge on any atom is 0.494 e. The second-order valence-corrected chi connectivity index (χ2v) is 11.0. The Morgan fingerprint density at radius 1 is 1.12 bits per heavy atom. The number of piperidine rings is 1. The highest BCUT2D eigenvalue weighted by atomic mass is 16.7. The minimum atomic E-state index is -0.524. The monoisotopic (exact) mass is 455 g/mol. The highest BCUT2D eigenvalue weighted by Gasteiger charge is 2.51. The van der Waals surface area contributed by atoms with Crippen LogP contribution in [-0.2, 0) is 14.0 Å². The number of nitrogens with zero attached hydrogens (tertiary/aromatic N) is 3. The van der Waals surface area contributed by atoms with E-state index in [-0.39, 0.29) is 17.7 Å². The smallest absolute Gasteiger partial charge is 0.444 e. The molecule has 1 aromatic heterocycles. The first kappa shape index (κ1) is 23.8. The lowest BCUT2D eigenvalue weighted by Crippen LogP contribution is -2.43. The van der Waals surface area contributed by atoms with Crippen molar-refractivity contribution < 1.29 is 18.8 Å². The van der Waals surface area contributed by atoms with Crippen molar-refractivity contribution in [3.63, 3.8) is 0 Å². The fourth-order valence-electron chi connectivity index (χ4n) is 4.19. The maximum absolute atomic E-state index is 13.2. The van der Waals surface area contributed by atoms with E-state index in [1.807, 2.05) is 66.7 Å². The van der Waals surface area contributed by atoms with Gasteiger partial charge in [0.05, 0.1) is 28.8 Å². The van der Waals surface area contributed by atoms with Crippen molar-refractivity contribution in [3.8, 4) is 0 Å². The van der Waals surface area contributed by atoms with Crippen molar-refractivity contribution >= 4 is 29.4 Å². The number of fused-ring (bicyclic) bond motifs is 1. The third kappa shape index (κ3) is 4.66. The van der Waals surface area contributed by atoms with Crippen LogP contribution in [0, 0.1) is 0 Å². The Balaban J connectivity index is 1.50. The number of hydrogen-bond donors (Lipinski definition) is 0. The number of ether oxygens (including phenoxy) is 1. The summed E-state index contributed by atoms with van der Waals surface area (Å²) in [6, 6.07) is 5.58. The summed E-state index contributed by atoms with van der Waals surface area (Å²) in [4.78, 5) is 27.2. The minimum Gasteiger partial charge on any atom is -0.444 e. The van der Waals surface area contributed by atoms with Crippen LogP contribution in [0.2, 0.25) is 0 Å². The zero-order valence-electron chi connectivity index (χ0n) is 20.7. The van der Waals surface area contributed by atoms with Crippen LogP contribution in [0.25, 0.3) is 10.8 Å². The average molecular weight is 455 g/mol. The number of carbonyl (C=O) groups is 1. The molecule has 9 heteroatoms. The quantitative estimate of drug-likeness (QED) is 0.647. The molecule has 178 valence electrons. The van der Waals surface area contributed by atoms with Crippen LogP contribution in [0.4, 0.5) is 4.79 Å². The van der Waals surface area contributed by atoms with Gasteiger partial charge in [0.2, 0.25) is 0 Å². The van der Waals surface area contributed by atoms with Crippen LogP contribution in [0.5, 0.6) is 0 Å². The predicted octanol–water partition coefficient (Wildman–Crippen LogP) is 3.27. The number of benzene rings is 1. The van der Waals surface area contributed by atoms with Gasteiger partial charge in [0.1, 0.15) is 5.60 Å². The number of aromatic nitrogens is 2. The third-order valence-corrected chi connectivity index (χ3v) is 6.82. The molecule has 0 spiro atoms. The van der Waals surface area contributed by atoms with Crippen LogP contribution in [-0.4, -0.2) is 57.8 Å². The molecular weight excluding hydrogens is 421 g/mol. The minimum absolute atomic E-state index is 0.0524. The highest BCUT2D eigenvalue weighted by molar-refractivity contribution is 6.62. The number of amides is 1. The molecule has 2 aliphatic rings. The molecule has 0 atom stereocenters. The van der Waals surface area contributed by atoms with Crippen molar-refractivity contribution in [2.45, 2.75) is 84.2 Å². The summed E-state index contributed by atoms with van der Waals surface area (Å²) in [6.45, 7) is 14.7. The van der Waals surface area contributed by atoms with E-state index in [2.05, 4.69) is 5.10 Å². The number of hydrogen-bond acceptors (Lipinski definition) is 6. The molecule has 0 radical (unpaired) electrons. The first-order valence-corrected chi connectivity index (χ1v) is 11.6. The van der Waals surface area contributed by atoms with Gasteiger partial charge in [0.25, 0.3) is 5.56 Å². The molecule has 1 aromatic carbocycles. The van der Waals surface area contributed by atoms with E-state index >= 15 is 0 Å². The molecule has 0 saturated carbocycles. The Morgan fingerprint density at radius 2 is 1.73 bits per heavy atom. The second-order valence-electron chi connectivity index (χ2n) is 11.0. The fraction of sp³-hybridized carbons (Fsp3) is 0.625. The van der Waals surface area contributed by atoms with Gasteiger partial charge < -0.3 is 18.9 Å². The summed E-state index contributed by atoms with van der Waals surface area (Å²) < 4.78 is 19.3. The summed E-state index contributed by atoms with van der Waals surface area (Å²) in [5.74, 6) is 0. The fourth-order valence-corrected chi connectivity index (χ4v) is 4.19. The standard InChI is InChI=1S/C24H34BN3O5/c1-22(2,3)31-21(30)27-12-10-18(11-13-27)28-20(29)19-9-8-17(14-16(19)15-26-28)25-32-23(4,5)24(6,7)33-25/h8-9,14-15,18H,10-13H2,1-7H3. The van der Waals surface area contributed by atoms with E-state index in [1.54, 1.807) is 15.8 Å². The SMILES string of the molecule is CC(C)(C)OC(=O)N1CCC(n2ncc3cc(B4OC(C)(C)C(C)(C)O4)ccc3c2=O)CC1. The molecule has 2 saturated heterocycles. The van der Waals surface area contributed by atoms with E-state index in [1.165, 1.54) is 0 Å². The lowest BCUT2D eigenvalue weighted by molar-refractivity contribution is 0.00578. The van der Waals surface area contributed by atoms with Crippen LogP contribution >= 0.6 is 0 Å². The molecule has 2 aliphatic heterocycles.